The van der Waals surface area contributed by atoms with Gasteiger partial charge in [0, 0.05) is 25.7 Å². The number of unbranched alkanes of at least 4 members (excludes halogenated alkanes) is 13. The maximum atomic E-state index is 10.5. The van der Waals surface area contributed by atoms with Crippen molar-refractivity contribution in [3.8, 4) is 11.5 Å². The van der Waals surface area contributed by atoms with Gasteiger partial charge >= 0.3 is 0 Å². The predicted molar refractivity (Wildman–Crippen MR) is 177 cm³/mol. The molecule has 0 aliphatic rings. The lowest BCUT2D eigenvalue weighted by atomic mass is 10.0. The van der Waals surface area contributed by atoms with Crippen molar-refractivity contribution in [1.82, 2.24) is 4.90 Å². The van der Waals surface area contributed by atoms with Crippen LogP contribution in [0.15, 0.2) is 18.2 Å². The molecule has 1 rings (SSSR count). The average Bonchev–Trinajstić information content (AvgIpc) is 2.99. The van der Waals surface area contributed by atoms with Crippen LogP contribution in [0.4, 0.5) is 0 Å². The lowest BCUT2D eigenvalue weighted by Crippen LogP contribution is -2.38. The fourth-order valence-electron chi connectivity index (χ4n) is 5.52. The third-order valence-corrected chi connectivity index (χ3v) is 8.28. The van der Waals surface area contributed by atoms with Gasteiger partial charge in [-0.1, -0.05) is 117 Å². The smallest absolute Gasteiger partial charge is 0.123 e. The topological polar surface area (TPSA) is 82.4 Å². The molecule has 1 aromatic rings. The van der Waals surface area contributed by atoms with E-state index >= 15 is 0 Å². The molecule has 0 aliphatic heterocycles. The Balaban J connectivity index is 2.55. The summed E-state index contributed by atoms with van der Waals surface area (Å²) >= 11 is 0. The molecule has 0 spiro atoms. The van der Waals surface area contributed by atoms with Crippen LogP contribution in [-0.2, 0) is 6.42 Å². The first-order chi connectivity index (χ1) is 20.6. The molecule has 2 unspecified atom stereocenters. The minimum Gasteiger partial charge on any atom is -0.493 e. The number of ether oxygens (including phenoxy) is 2. The first kappa shape index (κ1) is 38.7. The van der Waals surface area contributed by atoms with E-state index in [4.69, 9.17) is 9.47 Å². The number of hydrogen-bond donors (Lipinski definition) is 3. The predicted octanol–water partition coefficient (Wildman–Crippen LogP) is 7.94. The highest BCUT2D eigenvalue weighted by molar-refractivity contribution is 5.38. The Morgan fingerprint density at radius 3 is 1.64 bits per heavy atom. The maximum Gasteiger partial charge on any atom is 0.123 e. The lowest BCUT2D eigenvalue weighted by Gasteiger charge is -2.23. The Hall–Kier alpha value is -1.34. The van der Waals surface area contributed by atoms with E-state index in [0.717, 1.165) is 37.4 Å². The molecule has 0 saturated carbocycles. The second kappa shape index (κ2) is 27.2. The molecule has 0 saturated heterocycles. The first-order valence-corrected chi connectivity index (χ1v) is 17.6. The molecule has 2 atom stereocenters. The van der Waals surface area contributed by atoms with Crippen molar-refractivity contribution in [3.05, 3.63) is 23.8 Å². The summed E-state index contributed by atoms with van der Waals surface area (Å²) in [7, 11) is 0. The van der Waals surface area contributed by atoms with E-state index in [-0.39, 0.29) is 19.8 Å². The second-order valence-corrected chi connectivity index (χ2v) is 12.2. The monoisotopic (exact) mass is 594 g/mol. The van der Waals surface area contributed by atoms with E-state index in [1.54, 1.807) is 0 Å². The van der Waals surface area contributed by atoms with E-state index in [9.17, 15) is 15.3 Å². The Morgan fingerprint density at radius 1 is 0.643 bits per heavy atom. The Bertz CT molecular complexity index is 725. The number of rotatable bonds is 30. The number of nitrogens with zero attached hydrogens (tertiary/aromatic N) is 1. The number of aliphatic hydroxyl groups is 3. The van der Waals surface area contributed by atoms with Gasteiger partial charge in [0.05, 0.1) is 19.8 Å². The van der Waals surface area contributed by atoms with Gasteiger partial charge in [-0.15, -0.1) is 0 Å². The fraction of sp³-hybridized carbons (Fsp3) is 0.833. The zero-order valence-electron chi connectivity index (χ0n) is 27.7. The van der Waals surface area contributed by atoms with E-state index in [1.165, 1.54) is 102 Å². The zero-order chi connectivity index (χ0) is 30.7. The van der Waals surface area contributed by atoms with Crippen molar-refractivity contribution >= 4 is 0 Å². The number of hydrogen-bond acceptors (Lipinski definition) is 6. The van der Waals surface area contributed by atoms with Crippen molar-refractivity contribution in [2.45, 2.75) is 142 Å². The quantitative estimate of drug-likeness (QED) is 0.0786. The van der Waals surface area contributed by atoms with Crippen LogP contribution in [0.5, 0.6) is 11.5 Å². The molecule has 0 fully saturated rings. The van der Waals surface area contributed by atoms with Gasteiger partial charge in [0.2, 0.25) is 0 Å². The first-order valence-electron chi connectivity index (χ1n) is 17.6. The third kappa shape index (κ3) is 20.5. The molecule has 6 nitrogen and oxygen atoms in total. The molecule has 42 heavy (non-hydrogen) atoms. The van der Waals surface area contributed by atoms with Gasteiger partial charge in [-0.3, -0.25) is 4.90 Å². The minimum atomic E-state index is -0.712. The molecule has 6 heteroatoms. The summed E-state index contributed by atoms with van der Waals surface area (Å²) in [6.45, 7) is 8.79. The number of benzene rings is 1. The van der Waals surface area contributed by atoms with Crippen molar-refractivity contribution in [1.29, 1.82) is 0 Å². The molecule has 0 radical (unpaired) electrons. The zero-order valence-corrected chi connectivity index (χ0v) is 27.7. The lowest BCUT2D eigenvalue weighted by molar-refractivity contribution is 0.0551. The van der Waals surface area contributed by atoms with Crippen molar-refractivity contribution < 1.29 is 24.8 Å². The Morgan fingerprint density at radius 2 is 1.14 bits per heavy atom. The summed E-state index contributed by atoms with van der Waals surface area (Å²) < 4.78 is 12.3. The van der Waals surface area contributed by atoms with Crippen LogP contribution >= 0.6 is 0 Å². The summed E-state index contributed by atoms with van der Waals surface area (Å²) in [5, 5.41) is 29.0. The van der Waals surface area contributed by atoms with Gasteiger partial charge in [-0.25, -0.2) is 0 Å². The van der Waals surface area contributed by atoms with Crippen LogP contribution < -0.4 is 9.47 Å². The van der Waals surface area contributed by atoms with Gasteiger partial charge in [-0.2, -0.15) is 0 Å². The summed E-state index contributed by atoms with van der Waals surface area (Å²) in [5.74, 6) is 2.14. The normalized spacial score (nSPS) is 13.0. The van der Waals surface area contributed by atoms with Crippen molar-refractivity contribution in [3.63, 3.8) is 0 Å². The van der Waals surface area contributed by atoms with Crippen LogP contribution in [0.1, 0.15) is 135 Å². The molecule has 3 N–H and O–H groups in total. The van der Waals surface area contributed by atoms with Crippen LogP contribution in [0.25, 0.3) is 0 Å². The SMILES string of the molecule is CCCCCCCCCCCCCCCc1cc(OCC(O)CN(CCO)CCO)cc(OCC(CC)CCCC)c1. The fourth-order valence-corrected chi connectivity index (χ4v) is 5.52. The standard InChI is InChI=1S/C36H67NO5/c1-4-7-9-10-11-12-13-14-15-16-17-18-19-21-33-26-35(41-30-32(6-3)20-8-5-2)28-36(27-33)42-31-34(40)29-37(22-24-38)23-25-39/h26-28,32,34,38-40H,4-25,29-31H2,1-3H3. The molecule has 1 aromatic carbocycles. The largest absolute Gasteiger partial charge is 0.493 e. The molecule has 0 bridgehead atoms. The second-order valence-electron chi connectivity index (χ2n) is 12.2. The van der Waals surface area contributed by atoms with Gasteiger partial charge in [0.15, 0.2) is 0 Å². The highest BCUT2D eigenvalue weighted by atomic mass is 16.5. The minimum absolute atomic E-state index is 0.00742. The van der Waals surface area contributed by atoms with Crippen molar-refractivity contribution in [2.75, 3.05) is 46.1 Å². The highest BCUT2D eigenvalue weighted by Crippen LogP contribution is 2.26. The van der Waals surface area contributed by atoms with Crippen LogP contribution in [-0.4, -0.2) is 72.4 Å². The molecule has 0 heterocycles. The van der Waals surface area contributed by atoms with Gasteiger partial charge in [0.25, 0.3) is 0 Å². The molecular formula is C36H67NO5. The molecule has 0 amide bonds. The Kier molecular flexibility index (Phi) is 25.1. The average molecular weight is 594 g/mol. The molecule has 246 valence electrons. The van der Waals surface area contributed by atoms with E-state index < -0.39 is 6.10 Å². The summed E-state index contributed by atoms with van der Waals surface area (Å²) in [6, 6.07) is 6.21. The summed E-state index contributed by atoms with van der Waals surface area (Å²) in [6.07, 6.45) is 22.6. The van der Waals surface area contributed by atoms with Crippen LogP contribution in [0.2, 0.25) is 0 Å². The van der Waals surface area contributed by atoms with Gasteiger partial charge in [-0.05, 0) is 42.9 Å². The summed E-state index contributed by atoms with van der Waals surface area (Å²) in [5.41, 5.74) is 1.23. The molecule has 0 aliphatic carbocycles. The van der Waals surface area contributed by atoms with Crippen LogP contribution in [0.3, 0.4) is 0 Å². The highest BCUT2D eigenvalue weighted by Gasteiger charge is 2.14. The third-order valence-electron chi connectivity index (χ3n) is 8.28. The maximum absolute atomic E-state index is 10.5. The van der Waals surface area contributed by atoms with Crippen LogP contribution in [0, 0.1) is 5.92 Å². The van der Waals surface area contributed by atoms with E-state index in [1.807, 2.05) is 11.0 Å². The molecule has 0 aromatic heterocycles. The van der Waals surface area contributed by atoms with E-state index in [2.05, 4.69) is 32.9 Å². The van der Waals surface area contributed by atoms with Gasteiger partial charge < -0.3 is 24.8 Å². The number of aryl methyl sites for hydroxylation is 1. The van der Waals surface area contributed by atoms with E-state index in [0.29, 0.717) is 25.6 Å². The summed E-state index contributed by atoms with van der Waals surface area (Å²) in [4.78, 5) is 1.84. The number of aliphatic hydroxyl groups excluding tert-OH is 3. The van der Waals surface area contributed by atoms with Gasteiger partial charge in [0.1, 0.15) is 24.2 Å². The molecular weight excluding hydrogens is 526 g/mol. The Labute approximate surface area is 259 Å². The van der Waals surface area contributed by atoms with Crippen molar-refractivity contribution in [2.24, 2.45) is 5.92 Å².